The van der Waals surface area contributed by atoms with E-state index in [1.54, 1.807) is 42.7 Å². The summed E-state index contributed by atoms with van der Waals surface area (Å²) < 4.78 is 0. The molecule has 24 heavy (non-hydrogen) atoms. The molecule has 0 unspecified atom stereocenters. The molecule has 0 saturated heterocycles. The number of pyridine rings is 1. The molecule has 120 valence electrons. The molecule has 0 radical (unpaired) electrons. The number of aromatic amines is 1. The Balaban J connectivity index is 1.67. The number of hydrogen-bond donors (Lipinski definition) is 2. The number of ketones is 1. The zero-order chi connectivity index (χ0) is 16.9. The van der Waals surface area contributed by atoms with Gasteiger partial charge < -0.3 is 10.3 Å². The number of nitrogens with zero attached hydrogens (tertiary/aromatic N) is 1. The van der Waals surface area contributed by atoms with Gasteiger partial charge in [-0.1, -0.05) is 11.6 Å². The summed E-state index contributed by atoms with van der Waals surface area (Å²) in [6, 6.07) is 11.8. The van der Waals surface area contributed by atoms with Gasteiger partial charge in [-0.15, -0.1) is 0 Å². The third-order valence-corrected chi connectivity index (χ3v) is 3.75. The highest BCUT2D eigenvalue weighted by atomic mass is 35.5. The fourth-order valence-corrected chi connectivity index (χ4v) is 2.33. The molecule has 6 heteroatoms. The van der Waals surface area contributed by atoms with Gasteiger partial charge in [-0.25, -0.2) is 0 Å². The number of benzene rings is 1. The third kappa shape index (κ3) is 3.70. The standard InChI is InChI=1S/C18H14ClN3O2/c19-15-3-1-13(2-4-15)17(23)14-9-16(21-11-14)18(24)22-10-12-5-7-20-8-6-12/h1-9,11,21H,10H2,(H,22,24). The fraction of sp³-hybridized carbons (Fsp3) is 0.0556. The molecule has 0 atom stereocenters. The largest absolute Gasteiger partial charge is 0.356 e. The average Bonchev–Trinajstić information content (AvgIpc) is 3.11. The van der Waals surface area contributed by atoms with Gasteiger partial charge in [0.25, 0.3) is 5.91 Å². The van der Waals surface area contributed by atoms with Crippen LogP contribution in [0, 0.1) is 0 Å². The smallest absolute Gasteiger partial charge is 0.267 e. The van der Waals surface area contributed by atoms with E-state index in [-0.39, 0.29) is 11.7 Å². The van der Waals surface area contributed by atoms with Crippen LogP contribution in [0.4, 0.5) is 0 Å². The number of halogens is 1. The van der Waals surface area contributed by atoms with Crippen LogP contribution < -0.4 is 5.32 Å². The summed E-state index contributed by atoms with van der Waals surface area (Å²) in [7, 11) is 0. The lowest BCUT2D eigenvalue weighted by atomic mass is 10.1. The second kappa shape index (κ2) is 7.10. The van der Waals surface area contributed by atoms with Crippen molar-refractivity contribution in [2.24, 2.45) is 0 Å². The summed E-state index contributed by atoms with van der Waals surface area (Å²) in [5, 5.41) is 3.35. The molecule has 0 fully saturated rings. The van der Waals surface area contributed by atoms with Crippen LogP contribution in [0.5, 0.6) is 0 Å². The van der Waals surface area contributed by atoms with Crippen LogP contribution in [0.3, 0.4) is 0 Å². The number of nitrogens with one attached hydrogen (secondary N) is 2. The molecule has 5 nitrogen and oxygen atoms in total. The molecule has 0 aliphatic heterocycles. The molecule has 0 aliphatic carbocycles. The van der Waals surface area contributed by atoms with Crippen LogP contribution in [0.2, 0.25) is 5.02 Å². The molecule has 2 aromatic heterocycles. The van der Waals surface area contributed by atoms with E-state index >= 15 is 0 Å². The molecule has 1 amide bonds. The topological polar surface area (TPSA) is 74.8 Å². The number of aromatic nitrogens is 2. The van der Waals surface area contributed by atoms with Gasteiger partial charge in [0.1, 0.15) is 5.69 Å². The van der Waals surface area contributed by atoms with Gasteiger partial charge in [-0.3, -0.25) is 14.6 Å². The Morgan fingerprint density at radius 3 is 2.46 bits per heavy atom. The van der Waals surface area contributed by atoms with Crippen LogP contribution in [0.1, 0.15) is 32.0 Å². The van der Waals surface area contributed by atoms with Gasteiger partial charge in [-0.05, 0) is 48.0 Å². The van der Waals surface area contributed by atoms with E-state index in [0.717, 1.165) is 5.56 Å². The van der Waals surface area contributed by atoms with E-state index in [2.05, 4.69) is 15.3 Å². The molecule has 0 saturated carbocycles. The molecule has 3 aromatic rings. The predicted octanol–water partition coefficient (Wildman–Crippen LogP) is 3.22. The first-order chi connectivity index (χ1) is 11.6. The van der Waals surface area contributed by atoms with Crippen LogP contribution in [-0.4, -0.2) is 21.7 Å². The van der Waals surface area contributed by atoms with Crippen molar-refractivity contribution in [3.05, 3.63) is 88.5 Å². The monoisotopic (exact) mass is 339 g/mol. The summed E-state index contributed by atoms with van der Waals surface area (Å²) in [6.07, 6.45) is 4.86. The van der Waals surface area contributed by atoms with E-state index in [4.69, 9.17) is 11.6 Å². The number of amides is 1. The first-order valence-corrected chi connectivity index (χ1v) is 7.67. The highest BCUT2D eigenvalue weighted by Gasteiger charge is 2.14. The lowest BCUT2D eigenvalue weighted by Gasteiger charge is -2.03. The Bertz CT molecular complexity index is 857. The number of carbonyl (C=O) groups excluding carboxylic acids is 2. The molecular formula is C18H14ClN3O2. The molecule has 0 spiro atoms. The maximum atomic E-state index is 12.4. The minimum absolute atomic E-state index is 0.170. The van der Waals surface area contributed by atoms with Crippen molar-refractivity contribution in [3.8, 4) is 0 Å². The summed E-state index contributed by atoms with van der Waals surface area (Å²) >= 11 is 5.82. The Hall–Kier alpha value is -2.92. The fourth-order valence-electron chi connectivity index (χ4n) is 2.20. The second-order valence-corrected chi connectivity index (χ2v) is 5.61. The zero-order valence-electron chi connectivity index (χ0n) is 12.6. The first-order valence-electron chi connectivity index (χ1n) is 7.29. The summed E-state index contributed by atoms with van der Waals surface area (Å²) in [5.74, 6) is -0.446. The normalized spacial score (nSPS) is 10.4. The maximum absolute atomic E-state index is 12.4. The summed E-state index contributed by atoms with van der Waals surface area (Å²) in [5.41, 5.74) is 2.22. The number of hydrogen-bond acceptors (Lipinski definition) is 3. The number of rotatable bonds is 5. The van der Waals surface area contributed by atoms with Crippen molar-refractivity contribution in [3.63, 3.8) is 0 Å². The Morgan fingerprint density at radius 2 is 1.75 bits per heavy atom. The third-order valence-electron chi connectivity index (χ3n) is 3.50. The van der Waals surface area contributed by atoms with Crippen molar-refractivity contribution in [1.29, 1.82) is 0 Å². The highest BCUT2D eigenvalue weighted by Crippen LogP contribution is 2.14. The minimum Gasteiger partial charge on any atom is -0.356 e. The van der Waals surface area contributed by atoms with Gasteiger partial charge >= 0.3 is 0 Å². The Morgan fingerprint density at radius 1 is 1.04 bits per heavy atom. The van der Waals surface area contributed by atoms with Crippen LogP contribution >= 0.6 is 11.6 Å². The van der Waals surface area contributed by atoms with Crippen LogP contribution in [-0.2, 0) is 6.54 Å². The Kier molecular flexibility index (Phi) is 4.72. The molecule has 0 aliphatic rings. The molecule has 0 bridgehead atoms. The van der Waals surface area contributed by atoms with Crippen molar-refractivity contribution >= 4 is 23.3 Å². The zero-order valence-corrected chi connectivity index (χ0v) is 13.4. The van der Waals surface area contributed by atoms with E-state index in [1.165, 1.54) is 6.20 Å². The van der Waals surface area contributed by atoms with E-state index < -0.39 is 0 Å². The lowest BCUT2D eigenvalue weighted by molar-refractivity contribution is 0.0946. The van der Waals surface area contributed by atoms with Gasteiger partial charge in [0.15, 0.2) is 5.78 Å². The van der Waals surface area contributed by atoms with Crippen molar-refractivity contribution in [2.75, 3.05) is 0 Å². The number of H-pyrrole nitrogens is 1. The Labute approximate surface area is 143 Å². The summed E-state index contributed by atoms with van der Waals surface area (Å²) in [6.45, 7) is 0.390. The highest BCUT2D eigenvalue weighted by molar-refractivity contribution is 6.30. The van der Waals surface area contributed by atoms with Crippen molar-refractivity contribution in [1.82, 2.24) is 15.3 Å². The predicted molar refractivity (Wildman–Crippen MR) is 91.1 cm³/mol. The van der Waals surface area contributed by atoms with E-state index in [0.29, 0.717) is 28.4 Å². The van der Waals surface area contributed by atoms with E-state index in [9.17, 15) is 9.59 Å². The van der Waals surface area contributed by atoms with E-state index in [1.807, 2.05) is 12.1 Å². The molecule has 2 N–H and O–H groups in total. The van der Waals surface area contributed by atoms with Crippen LogP contribution in [0.25, 0.3) is 0 Å². The molecular weight excluding hydrogens is 326 g/mol. The molecule has 3 rings (SSSR count). The molecule has 2 heterocycles. The number of carbonyl (C=O) groups is 2. The van der Waals surface area contributed by atoms with Crippen molar-refractivity contribution < 1.29 is 9.59 Å². The molecule has 1 aromatic carbocycles. The minimum atomic E-state index is -0.276. The van der Waals surface area contributed by atoms with Crippen LogP contribution in [0.15, 0.2) is 61.1 Å². The SMILES string of the molecule is O=C(c1ccc(Cl)cc1)c1c[nH]c(C(=O)NCc2ccncc2)c1. The van der Waals surface area contributed by atoms with Crippen molar-refractivity contribution in [2.45, 2.75) is 6.54 Å². The van der Waals surface area contributed by atoms with Gasteiger partial charge in [0, 0.05) is 41.3 Å². The first kappa shape index (κ1) is 16.0. The quantitative estimate of drug-likeness (QED) is 0.701. The van der Waals surface area contributed by atoms with Gasteiger partial charge in [0.2, 0.25) is 0 Å². The van der Waals surface area contributed by atoms with Gasteiger partial charge in [-0.2, -0.15) is 0 Å². The maximum Gasteiger partial charge on any atom is 0.267 e. The van der Waals surface area contributed by atoms with Gasteiger partial charge in [0.05, 0.1) is 0 Å². The average molecular weight is 340 g/mol. The summed E-state index contributed by atoms with van der Waals surface area (Å²) in [4.78, 5) is 31.3. The lowest BCUT2D eigenvalue weighted by Crippen LogP contribution is -2.23. The second-order valence-electron chi connectivity index (χ2n) is 5.18.